The first-order valence-corrected chi connectivity index (χ1v) is 6.94. The Hall–Kier alpha value is -2.24. The lowest BCUT2D eigenvalue weighted by molar-refractivity contribution is 0.0951. The predicted molar refractivity (Wildman–Crippen MR) is 82.1 cm³/mol. The highest BCUT2D eigenvalue weighted by Crippen LogP contribution is 2.13. The number of rotatable bonds is 6. The predicted octanol–water partition coefficient (Wildman–Crippen LogP) is 1.71. The Balaban J connectivity index is 2.13. The van der Waals surface area contributed by atoms with Gasteiger partial charge in [0.25, 0.3) is 5.91 Å². The van der Waals surface area contributed by atoms with Crippen LogP contribution in [0.15, 0.2) is 48.8 Å². The van der Waals surface area contributed by atoms with Crippen molar-refractivity contribution in [2.75, 3.05) is 6.54 Å². The Morgan fingerprint density at radius 2 is 1.90 bits per heavy atom. The van der Waals surface area contributed by atoms with Gasteiger partial charge in [-0.3, -0.25) is 20.1 Å². The maximum absolute atomic E-state index is 11.8. The Bertz CT molecular complexity index is 586. The van der Waals surface area contributed by atoms with Gasteiger partial charge in [0.1, 0.15) is 0 Å². The summed E-state index contributed by atoms with van der Waals surface area (Å²) in [7, 11) is 0. The van der Waals surface area contributed by atoms with Gasteiger partial charge in [0.2, 0.25) is 0 Å². The molecule has 1 amide bonds. The zero-order valence-corrected chi connectivity index (χ0v) is 12.1. The van der Waals surface area contributed by atoms with Crippen molar-refractivity contribution < 1.29 is 4.79 Å². The number of pyridine rings is 1. The number of nitrogens with one attached hydrogen (secondary N) is 1. The van der Waals surface area contributed by atoms with Crippen LogP contribution in [0.1, 0.15) is 28.4 Å². The van der Waals surface area contributed by atoms with Gasteiger partial charge in [0, 0.05) is 31.0 Å². The second-order valence-electron chi connectivity index (χ2n) is 4.79. The number of hydrogen-bond acceptors (Lipinski definition) is 4. The van der Waals surface area contributed by atoms with Crippen molar-refractivity contribution >= 4 is 5.91 Å². The molecule has 0 saturated heterocycles. The molecule has 1 aromatic heterocycles. The minimum atomic E-state index is -0.259. The van der Waals surface area contributed by atoms with E-state index in [-0.39, 0.29) is 5.91 Å². The molecule has 5 nitrogen and oxygen atoms in total. The first kappa shape index (κ1) is 15.2. The molecule has 0 aliphatic carbocycles. The van der Waals surface area contributed by atoms with Crippen LogP contribution >= 0.6 is 0 Å². The minimum Gasteiger partial charge on any atom is -0.295 e. The van der Waals surface area contributed by atoms with Gasteiger partial charge < -0.3 is 0 Å². The van der Waals surface area contributed by atoms with Crippen molar-refractivity contribution in [1.82, 2.24) is 15.3 Å². The SMILES string of the molecule is CCN(Cc1ccncc1)Cc1ccccc1C(=O)NN. The van der Waals surface area contributed by atoms with Crippen molar-refractivity contribution in [1.29, 1.82) is 0 Å². The van der Waals surface area contributed by atoms with Crippen molar-refractivity contribution in [2.45, 2.75) is 20.0 Å². The van der Waals surface area contributed by atoms with Gasteiger partial charge in [0.05, 0.1) is 0 Å². The first-order chi connectivity index (χ1) is 10.2. The number of nitrogen functional groups attached to an aromatic ring is 1. The summed E-state index contributed by atoms with van der Waals surface area (Å²) in [5, 5.41) is 0. The van der Waals surface area contributed by atoms with Crippen molar-refractivity contribution in [3.8, 4) is 0 Å². The van der Waals surface area contributed by atoms with Crippen molar-refractivity contribution in [3.05, 3.63) is 65.5 Å². The lowest BCUT2D eigenvalue weighted by Crippen LogP contribution is -2.32. The summed E-state index contributed by atoms with van der Waals surface area (Å²) in [5.41, 5.74) is 4.99. The fourth-order valence-electron chi connectivity index (χ4n) is 2.22. The van der Waals surface area contributed by atoms with Gasteiger partial charge in [-0.25, -0.2) is 5.84 Å². The van der Waals surface area contributed by atoms with E-state index in [2.05, 4.69) is 22.2 Å². The Morgan fingerprint density at radius 3 is 2.57 bits per heavy atom. The Morgan fingerprint density at radius 1 is 1.19 bits per heavy atom. The standard InChI is InChI=1S/C16H20N4O/c1-2-20(11-13-7-9-18-10-8-13)12-14-5-3-4-6-15(14)16(21)19-17/h3-10H,2,11-12,17H2,1H3,(H,19,21). The van der Waals surface area contributed by atoms with E-state index in [1.165, 1.54) is 5.56 Å². The fraction of sp³-hybridized carbons (Fsp3) is 0.250. The number of benzene rings is 1. The summed E-state index contributed by atoms with van der Waals surface area (Å²) >= 11 is 0. The zero-order chi connectivity index (χ0) is 15.1. The molecule has 0 unspecified atom stereocenters. The van der Waals surface area contributed by atoms with E-state index in [0.717, 1.165) is 18.7 Å². The number of carbonyl (C=O) groups excluding carboxylic acids is 1. The number of aromatic nitrogens is 1. The molecule has 2 rings (SSSR count). The molecule has 1 heterocycles. The molecular formula is C16H20N4O. The quantitative estimate of drug-likeness (QED) is 0.481. The molecule has 21 heavy (non-hydrogen) atoms. The van der Waals surface area contributed by atoms with Gasteiger partial charge in [-0.05, 0) is 35.9 Å². The van der Waals surface area contributed by atoms with E-state index in [0.29, 0.717) is 12.1 Å². The molecular weight excluding hydrogens is 264 g/mol. The van der Waals surface area contributed by atoms with Gasteiger partial charge >= 0.3 is 0 Å². The average molecular weight is 284 g/mol. The molecule has 0 saturated carbocycles. The van der Waals surface area contributed by atoms with Gasteiger partial charge in [-0.15, -0.1) is 0 Å². The molecule has 0 aliphatic heterocycles. The highest BCUT2D eigenvalue weighted by molar-refractivity contribution is 5.95. The highest BCUT2D eigenvalue weighted by Gasteiger charge is 2.12. The third-order valence-electron chi connectivity index (χ3n) is 3.39. The molecule has 0 atom stereocenters. The monoisotopic (exact) mass is 284 g/mol. The van der Waals surface area contributed by atoms with Crippen molar-refractivity contribution in [3.63, 3.8) is 0 Å². The first-order valence-electron chi connectivity index (χ1n) is 6.94. The van der Waals surface area contributed by atoms with E-state index in [9.17, 15) is 4.79 Å². The zero-order valence-electron chi connectivity index (χ0n) is 12.1. The molecule has 0 bridgehead atoms. The van der Waals surface area contributed by atoms with Crippen LogP contribution in [-0.4, -0.2) is 22.3 Å². The van der Waals surface area contributed by atoms with Crippen LogP contribution in [0.4, 0.5) is 0 Å². The number of nitrogens with two attached hydrogens (primary N) is 1. The number of amides is 1. The summed E-state index contributed by atoms with van der Waals surface area (Å²) in [5.74, 6) is 4.98. The van der Waals surface area contributed by atoms with E-state index in [1.54, 1.807) is 18.5 Å². The molecule has 1 aromatic carbocycles. The van der Waals surface area contributed by atoms with Crippen LogP contribution in [0.25, 0.3) is 0 Å². The number of hydrazine groups is 1. The van der Waals surface area contributed by atoms with E-state index >= 15 is 0 Å². The molecule has 5 heteroatoms. The third kappa shape index (κ3) is 4.11. The minimum absolute atomic E-state index is 0.259. The summed E-state index contributed by atoms with van der Waals surface area (Å²) in [6, 6.07) is 11.5. The normalized spacial score (nSPS) is 10.6. The topological polar surface area (TPSA) is 71.2 Å². The van der Waals surface area contributed by atoms with Crippen LogP contribution < -0.4 is 11.3 Å². The summed E-state index contributed by atoms with van der Waals surface area (Å²) in [6.45, 7) is 4.51. The largest absolute Gasteiger partial charge is 0.295 e. The number of hydrogen-bond donors (Lipinski definition) is 2. The number of nitrogens with zero attached hydrogens (tertiary/aromatic N) is 2. The molecule has 0 spiro atoms. The Kier molecular flexibility index (Phi) is 5.43. The van der Waals surface area contributed by atoms with E-state index in [4.69, 9.17) is 5.84 Å². The van der Waals surface area contributed by atoms with E-state index in [1.807, 2.05) is 30.3 Å². The molecule has 3 N–H and O–H groups in total. The lowest BCUT2D eigenvalue weighted by Gasteiger charge is -2.21. The molecule has 0 aliphatic rings. The van der Waals surface area contributed by atoms with Crippen LogP contribution in [0.3, 0.4) is 0 Å². The molecule has 0 radical (unpaired) electrons. The summed E-state index contributed by atoms with van der Waals surface area (Å²) < 4.78 is 0. The van der Waals surface area contributed by atoms with Crippen LogP contribution in [0.5, 0.6) is 0 Å². The lowest BCUT2D eigenvalue weighted by atomic mass is 10.1. The maximum Gasteiger partial charge on any atom is 0.265 e. The fourth-order valence-corrected chi connectivity index (χ4v) is 2.22. The highest BCUT2D eigenvalue weighted by atomic mass is 16.2. The molecule has 110 valence electrons. The van der Waals surface area contributed by atoms with Crippen LogP contribution in [0, 0.1) is 0 Å². The molecule has 2 aromatic rings. The van der Waals surface area contributed by atoms with E-state index < -0.39 is 0 Å². The average Bonchev–Trinajstić information content (AvgIpc) is 2.55. The Labute approximate surface area is 124 Å². The number of carbonyl (C=O) groups is 1. The van der Waals surface area contributed by atoms with Gasteiger partial charge in [0.15, 0.2) is 0 Å². The maximum atomic E-state index is 11.8. The van der Waals surface area contributed by atoms with Gasteiger partial charge in [-0.2, -0.15) is 0 Å². The third-order valence-corrected chi connectivity index (χ3v) is 3.39. The van der Waals surface area contributed by atoms with Crippen LogP contribution in [0.2, 0.25) is 0 Å². The van der Waals surface area contributed by atoms with Crippen molar-refractivity contribution in [2.24, 2.45) is 5.84 Å². The van der Waals surface area contributed by atoms with Crippen LogP contribution in [-0.2, 0) is 13.1 Å². The summed E-state index contributed by atoms with van der Waals surface area (Å²) in [6.07, 6.45) is 3.58. The molecule has 0 fully saturated rings. The second kappa shape index (κ2) is 7.52. The second-order valence-corrected chi connectivity index (χ2v) is 4.79. The van der Waals surface area contributed by atoms with Gasteiger partial charge in [-0.1, -0.05) is 25.1 Å². The smallest absolute Gasteiger partial charge is 0.265 e. The summed E-state index contributed by atoms with van der Waals surface area (Å²) in [4.78, 5) is 18.1.